The SMILES string of the molecule is Cc1cc(CC#Cc2cc(C(=O)O)cs2)c2c(c1)C(C)(C)CCC2(C)C. The maximum absolute atomic E-state index is 11.0. The molecule has 0 aliphatic heterocycles. The lowest BCUT2D eigenvalue weighted by Gasteiger charge is -2.43. The molecule has 1 N–H and O–H groups in total. The maximum atomic E-state index is 11.0. The van der Waals surface area contributed by atoms with Crippen molar-refractivity contribution in [1.29, 1.82) is 0 Å². The number of thiophene rings is 1. The number of carboxylic acids is 1. The van der Waals surface area contributed by atoms with Crippen molar-refractivity contribution in [3.63, 3.8) is 0 Å². The predicted molar refractivity (Wildman–Crippen MR) is 108 cm³/mol. The van der Waals surface area contributed by atoms with Crippen LogP contribution in [0.5, 0.6) is 0 Å². The minimum atomic E-state index is -0.897. The van der Waals surface area contributed by atoms with Gasteiger partial charge >= 0.3 is 5.97 Å². The van der Waals surface area contributed by atoms with Crippen molar-refractivity contribution in [1.82, 2.24) is 0 Å². The summed E-state index contributed by atoms with van der Waals surface area (Å²) in [6.45, 7) is 11.5. The lowest BCUT2D eigenvalue weighted by molar-refractivity contribution is 0.0697. The van der Waals surface area contributed by atoms with Crippen LogP contribution in [0.15, 0.2) is 23.6 Å². The Morgan fingerprint density at radius 1 is 1.15 bits per heavy atom. The molecule has 0 radical (unpaired) electrons. The molecule has 26 heavy (non-hydrogen) atoms. The zero-order chi connectivity index (χ0) is 19.1. The van der Waals surface area contributed by atoms with Gasteiger partial charge in [0.1, 0.15) is 0 Å². The number of carboxylic acid groups (broad SMARTS) is 1. The molecule has 1 heterocycles. The van der Waals surface area contributed by atoms with Gasteiger partial charge in [0.25, 0.3) is 0 Å². The van der Waals surface area contributed by atoms with Gasteiger partial charge in [-0.25, -0.2) is 4.79 Å². The molecule has 2 nitrogen and oxygen atoms in total. The van der Waals surface area contributed by atoms with E-state index >= 15 is 0 Å². The number of fused-ring (bicyclic) bond motifs is 1. The molecule has 1 aromatic carbocycles. The number of hydrogen-bond donors (Lipinski definition) is 1. The molecule has 0 bridgehead atoms. The van der Waals surface area contributed by atoms with Crippen LogP contribution in [0.2, 0.25) is 0 Å². The van der Waals surface area contributed by atoms with Crippen molar-refractivity contribution in [2.24, 2.45) is 0 Å². The van der Waals surface area contributed by atoms with Crippen molar-refractivity contribution in [2.75, 3.05) is 0 Å². The van der Waals surface area contributed by atoms with Gasteiger partial charge in [-0.05, 0) is 53.4 Å². The highest BCUT2D eigenvalue weighted by atomic mass is 32.1. The first-order chi connectivity index (χ1) is 12.1. The van der Waals surface area contributed by atoms with Crippen molar-refractivity contribution < 1.29 is 9.90 Å². The lowest BCUT2D eigenvalue weighted by Crippen LogP contribution is -2.35. The van der Waals surface area contributed by atoms with Crippen molar-refractivity contribution in [2.45, 2.75) is 64.7 Å². The second-order valence-electron chi connectivity index (χ2n) is 8.60. The highest BCUT2D eigenvalue weighted by molar-refractivity contribution is 7.10. The zero-order valence-electron chi connectivity index (χ0n) is 16.2. The Bertz CT molecular complexity index is 919. The molecular formula is C23H26O2S. The number of benzene rings is 1. The molecule has 0 amide bonds. The van der Waals surface area contributed by atoms with Crippen molar-refractivity contribution in [3.8, 4) is 11.8 Å². The first kappa shape index (κ1) is 18.7. The summed E-state index contributed by atoms with van der Waals surface area (Å²) in [7, 11) is 0. The Morgan fingerprint density at radius 2 is 1.85 bits per heavy atom. The molecule has 0 saturated carbocycles. The number of aryl methyl sites for hydroxylation is 1. The fraction of sp³-hybridized carbons (Fsp3) is 0.435. The highest BCUT2D eigenvalue weighted by Gasteiger charge is 2.38. The smallest absolute Gasteiger partial charge is 0.336 e. The summed E-state index contributed by atoms with van der Waals surface area (Å²) in [5.41, 5.74) is 6.21. The lowest BCUT2D eigenvalue weighted by atomic mass is 9.61. The van der Waals surface area contributed by atoms with Crippen LogP contribution >= 0.6 is 11.3 Å². The summed E-state index contributed by atoms with van der Waals surface area (Å²) in [6, 6.07) is 6.28. The molecule has 0 atom stereocenters. The van der Waals surface area contributed by atoms with Gasteiger partial charge in [-0.1, -0.05) is 57.2 Å². The van der Waals surface area contributed by atoms with Crippen LogP contribution in [0.1, 0.15) is 78.0 Å². The second kappa shape index (κ2) is 6.59. The molecule has 3 rings (SSSR count). The molecule has 0 unspecified atom stereocenters. The summed E-state index contributed by atoms with van der Waals surface area (Å²) < 4.78 is 0. The summed E-state index contributed by atoms with van der Waals surface area (Å²) in [6.07, 6.45) is 3.09. The van der Waals surface area contributed by atoms with Gasteiger partial charge in [-0.3, -0.25) is 0 Å². The molecule has 0 saturated heterocycles. The van der Waals surface area contributed by atoms with E-state index in [1.807, 2.05) is 0 Å². The Hall–Kier alpha value is -2.05. The second-order valence-corrected chi connectivity index (χ2v) is 9.51. The van der Waals surface area contributed by atoms with Crippen LogP contribution in [0.25, 0.3) is 0 Å². The standard InChI is InChI=1S/C23H26O2S/c1-15-11-16(7-6-8-18-13-17(14-26-18)21(24)25)20-19(12-15)22(2,3)9-10-23(20,4)5/h11-14H,7,9-10H2,1-5H3,(H,24,25). The van der Waals surface area contributed by atoms with Crippen LogP contribution < -0.4 is 0 Å². The van der Waals surface area contributed by atoms with E-state index in [1.54, 1.807) is 11.4 Å². The van der Waals surface area contributed by atoms with Crippen LogP contribution in [-0.2, 0) is 17.3 Å². The van der Waals surface area contributed by atoms with E-state index in [0.717, 1.165) is 4.88 Å². The van der Waals surface area contributed by atoms with Crippen LogP contribution in [0, 0.1) is 18.8 Å². The Labute approximate surface area is 160 Å². The largest absolute Gasteiger partial charge is 0.478 e. The van der Waals surface area contributed by atoms with Gasteiger partial charge in [0, 0.05) is 11.8 Å². The minimum absolute atomic E-state index is 0.162. The van der Waals surface area contributed by atoms with E-state index in [-0.39, 0.29) is 10.8 Å². The Morgan fingerprint density at radius 3 is 2.50 bits per heavy atom. The van der Waals surface area contributed by atoms with Gasteiger partial charge in [0.15, 0.2) is 0 Å². The van der Waals surface area contributed by atoms with Crippen LogP contribution in [-0.4, -0.2) is 11.1 Å². The molecule has 136 valence electrons. The first-order valence-corrected chi connectivity index (χ1v) is 9.93. The van der Waals surface area contributed by atoms with Gasteiger partial charge in [-0.2, -0.15) is 0 Å². The summed E-state index contributed by atoms with van der Waals surface area (Å²) in [5, 5.41) is 10.7. The predicted octanol–water partition coefficient (Wildman–Crippen LogP) is 5.70. The van der Waals surface area contributed by atoms with E-state index in [2.05, 4.69) is 58.6 Å². The van der Waals surface area contributed by atoms with Crippen molar-refractivity contribution >= 4 is 17.3 Å². The summed E-state index contributed by atoms with van der Waals surface area (Å²) >= 11 is 1.39. The fourth-order valence-corrected chi connectivity index (χ4v) is 4.71. The number of aromatic carboxylic acids is 1. The molecule has 3 heteroatoms. The van der Waals surface area contributed by atoms with Crippen molar-refractivity contribution in [3.05, 3.63) is 56.3 Å². The third-order valence-corrected chi connectivity index (χ3v) is 6.33. The molecule has 0 spiro atoms. The van der Waals surface area contributed by atoms with E-state index in [4.69, 9.17) is 5.11 Å². The van der Waals surface area contributed by atoms with E-state index in [1.165, 1.54) is 46.4 Å². The van der Waals surface area contributed by atoms with Crippen LogP contribution in [0.3, 0.4) is 0 Å². The Balaban J connectivity index is 1.98. The molecule has 2 aromatic rings. The third kappa shape index (κ3) is 3.57. The Kier molecular flexibility index (Phi) is 4.75. The highest BCUT2D eigenvalue weighted by Crippen LogP contribution is 2.47. The summed E-state index contributed by atoms with van der Waals surface area (Å²) in [5.74, 6) is 5.53. The summed E-state index contributed by atoms with van der Waals surface area (Å²) in [4.78, 5) is 11.8. The minimum Gasteiger partial charge on any atom is -0.478 e. The van der Waals surface area contributed by atoms with E-state index in [9.17, 15) is 4.79 Å². The number of carbonyl (C=O) groups is 1. The normalized spacial score (nSPS) is 17.1. The van der Waals surface area contributed by atoms with Crippen LogP contribution in [0.4, 0.5) is 0 Å². The van der Waals surface area contributed by atoms with Gasteiger partial charge in [0.05, 0.1) is 10.4 Å². The zero-order valence-corrected chi connectivity index (χ0v) is 17.0. The quantitative estimate of drug-likeness (QED) is 0.692. The van der Waals surface area contributed by atoms with Gasteiger partial charge < -0.3 is 5.11 Å². The number of hydrogen-bond acceptors (Lipinski definition) is 2. The molecular weight excluding hydrogens is 340 g/mol. The molecule has 1 aliphatic rings. The fourth-order valence-electron chi connectivity index (χ4n) is 3.96. The maximum Gasteiger partial charge on any atom is 0.336 e. The molecule has 0 fully saturated rings. The van der Waals surface area contributed by atoms with Gasteiger partial charge in [0.2, 0.25) is 0 Å². The monoisotopic (exact) mass is 366 g/mol. The third-order valence-electron chi connectivity index (χ3n) is 5.48. The average molecular weight is 367 g/mol. The van der Waals surface area contributed by atoms with E-state index < -0.39 is 5.97 Å². The molecule has 1 aromatic heterocycles. The van der Waals surface area contributed by atoms with Gasteiger partial charge in [-0.15, -0.1) is 11.3 Å². The number of rotatable bonds is 2. The molecule has 1 aliphatic carbocycles. The average Bonchev–Trinajstić information content (AvgIpc) is 3.00. The van der Waals surface area contributed by atoms with E-state index in [0.29, 0.717) is 12.0 Å². The topological polar surface area (TPSA) is 37.3 Å². The first-order valence-electron chi connectivity index (χ1n) is 9.05.